The van der Waals surface area contributed by atoms with E-state index in [1.54, 1.807) is 17.5 Å². The summed E-state index contributed by atoms with van der Waals surface area (Å²) in [4.78, 5) is 14.7. The van der Waals surface area contributed by atoms with Crippen LogP contribution in [0.2, 0.25) is 0 Å². The fourth-order valence-electron chi connectivity index (χ4n) is 2.97. The first-order valence-corrected chi connectivity index (χ1v) is 10.7. The predicted molar refractivity (Wildman–Crippen MR) is 94.5 cm³/mol. The van der Waals surface area contributed by atoms with Gasteiger partial charge in [-0.1, -0.05) is 18.2 Å². The summed E-state index contributed by atoms with van der Waals surface area (Å²) in [5.41, 5.74) is -0.248. The van der Waals surface area contributed by atoms with Gasteiger partial charge >= 0.3 is 6.36 Å². The Morgan fingerprint density at radius 1 is 1.15 bits per heavy atom. The van der Waals surface area contributed by atoms with Gasteiger partial charge in [-0.25, -0.2) is 8.42 Å². The molecule has 2 heterocycles. The number of hydrogen-bond acceptors (Lipinski definition) is 5. The van der Waals surface area contributed by atoms with Crippen molar-refractivity contribution in [2.24, 2.45) is 0 Å². The van der Waals surface area contributed by atoms with Crippen molar-refractivity contribution < 1.29 is 31.1 Å². The molecule has 0 aliphatic carbocycles. The number of alkyl halides is 3. The average Bonchev–Trinajstić information content (AvgIpc) is 3.05. The van der Waals surface area contributed by atoms with Gasteiger partial charge in [-0.15, -0.1) is 24.5 Å². The van der Waals surface area contributed by atoms with Crippen LogP contribution < -0.4 is 4.74 Å². The summed E-state index contributed by atoms with van der Waals surface area (Å²) < 4.78 is 66.8. The number of rotatable bonds is 3. The van der Waals surface area contributed by atoms with Gasteiger partial charge in [0.05, 0.1) is 16.6 Å². The van der Waals surface area contributed by atoms with Crippen molar-refractivity contribution in [3.8, 4) is 5.75 Å². The molecule has 10 heteroatoms. The number of carbonyl (C=O) groups is 1. The lowest BCUT2D eigenvalue weighted by Gasteiger charge is -2.21. The maximum atomic E-state index is 12.7. The molecule has 0 bridgehead atoms. The van der Waals surface area contributed by atoms with E-state index in [1.807, 2.05) is 0 Å². The molecule has 0 spiro atoms. The van der Waals surface area contributed by atoms with E-state index >= 15 is 0 Å². The van der Waals surface area contributed by atoms with Crippen LogP contribution in [0.3, 0.4) is 0 Å². The first-order chi connectivity index (χ1) is 12.7. The van der Waals surface area contributed by atoms with E-state index in [0.29, 0.717) is 4.88 Å². The zero-order chi connectivity index (χ0) is 19.7. The molecule has 1 aliphatic heterocycles. The Morgan fingerprint density at radius 3 is 2.56 bits per heavy atom. The molecule has 1 saturated heterocycles. The number of para-hydroxylation sites is 1. The topological polar surface area (TPSA) is 63.7 Å². The number of hydrogen-bond donors (Lipinski definition) is 0. The van der Waals surface area contributed by atoms with Crippen molar-refractivity contribution in [3.63, 3.8) is 0 Å². The summed E-state index contributed by atoms with van der Waals surface area (Å²) in [6.45, 7) is 0.0460. The van der Waals surface area contributed by atoms with Gasteiger partial charge in [-0.2, -0.15) is 0 Å². The van der Waals surface area contributed by atoms with E-state index in [0.717, 1.165) is 6.07 Å². The molecule has 146 valence electrons. The Morgan fingerprint density at radius 2 is 1.89 bits per heavy atom. The van der Waals surface area contributed by atoms with Crippen LogP contribution in [-0.2, 0) is 9.84 Å². The highest BCUT2D eigenvalue weighted by molar-refractivity contribution is 7.91. The van der Waals surface area contributed by atoms with E-state index < -0.39 is 33.1 Å². The molecule has 5 nitrogen and oxygen atoms in total. The van der Waals surface area contributed by atoms with Gasteiger partial charge in [0.1, 0.15) is 5.75 Å². The lowest BCUT2D eigenvalue weighted by atomic mass is 10.1. The maximum absolute atomic E-state index is 12.7. The number of carbonyl (C=O) groups excluding carboxylic acids is 1. The largest absolute Gasteiger partial charge is 0.573 e. The summed E-state index contributed by atoms with van der Waals surface area (Å²) in [7, 11) is -3.47. The van der Waals surface area contributed by atoms with Gasteiger partial charge in [0.15, 0.2) is 9.84 Å². The Kier molecular flexibility index (Phi) is 5.48. The first kappa shape index (κ1) is 19.7. The maximum Gasteiger partial charge on any atom is 0.573 e. The molecule has 1 fully saturated rings. The second-order valence-corrected chi connectivity index (χ2v) is 9.28. The highest BCUT2D eigenvalue weighted by Crippen LogP contribution is 2.33. The van der Waals surface area contributed by atoms with Crippen molar-refractivity contribution in [2.45, 2.75) is 18.0 Å². The van der Waals surface area contributed by atoms with Gasteiger partial charge in [0.2, 0.25) is 0 Å². The monoisotopic (exact) mass is 419 g/mol. The van der Waals surface area contributed by atoms with Crippen molar-refractivity contribution in [2.75, 3.05) is 18.8 Å². The van der Waals surface area contributed by atoms with E-state index in [1.165, 1.54) is 34.4 Å². The number of sulfone groups is 1. The zero-order valence-electron chi connectivity index (χ0n) is 14.0. The minimum atomic E-state index is -4.93. The number of ether oxygens (including phenoxy) is 1. The van der Waals surface area contributed by atoms with Crippen LogP contribution in [0.5, 0.6) is 5.75 Å². The molecule has 1 atom stereocenters. The average molecular weight is 419 g/mol. The highest BCUT2D eigenvalue weighted by Gasteiger charge is 2.36. The standard InChI is InChI=1S/C17H16F3NO4S2/c18-17(19,20)25-13-5-2-1-4-12(13)16(22)21-8-7-15(14-6-3-10-26-14)27(23,24)11-9-21/h1-6,10,15H,7-9,11H2/t15-/m0/s1. The summed E-state index contributed by atoms with van der Waals surface area (Å²) in [5, 5.41) is 1.07. The van der Waals surface area contributed by atoms with Gasteiger partial charge < -0.3 is 9.64 Å². The first-order valence-electron chi connectivity index (χ1n) is 8.06. The van der Waals surface area contributed by atoms with Gasteiger partial charge in [0.25, 0.3) is 5.91 Å². The van der Waals surface area contributed by atoms with Crippen LogP contribution in [0.1, 0.15) is 26.9 Å². The van der Waals surface area contributed by atoms with E-state index in [9.17, 15) is 26.4 Å². The fourth-order valence-corrected chi connectivity index (χ4v) is 5.97. The fraction of sp³-hybridized carbons (Fsp3) is 0.353. The van der Waals surface area contributed by atoms with Gasteiger partial charge in [-0.3, -0.25) is 4.79 Å². The Hall–Kier alpha value is -2.07. The van der Waals surface area contributed by atoms with Crippen LogP contribution in [-0.4, -0.2) is 44.4 Å². The minimum Gasteiger partial charge on any atom is -0.405 e. The van der Waals surface area contributed by atoms with Crippen molar-refractivity contribution >= 4 is 27.1 Å². The highest BCUT2D eigenvalue weighted by atomic mass is 32.2. The number of halogens is 3. The molecule has 1 aliphatic rings. The predicted octanol–water partition coefficient (Wildman–Crippen LogP) is 3.65. The molecule has 0 radical (unpaired) electrons. The normalized spacial score (nSPS) is 20.1. The molecule has 1 amide bonds. The van der Waals surface area contributed by atoms with E-state index in [-0.39, 0.29) is 30.8 Å². The van der Waals surface area contributed by atoms with Crippen molar-refractivity contribution in [3.05, 3.63) is 52.2 Å². The molecular formula is C17H16F3NO4S2. The second kappa shape index (κ2) is 7.51. The van der Waals surface area contributed by atoms with E-state index in [4.69, 9.17) is 0 Å². The van der Waals surface area contributed by atoms with E-state index in [2.05, 4.69) is 4.74 Å². The number of amides is 1. The molecule has 1 aromatic heterocycles. The summed E-state index contributed by atoms with van der Waals surface area (Å²) in [6, 6.07) is 8.55. The van der Waals surface area contributed by atoms with Crippen LogP contribution in [0.15, 0.2) is 41.8 Å². The Labute approximate surface area is 158 Å². The molecule has 0 N–H and O–H groups in total. The Balaban J connectivity index is 1.83. The zero-order valence-corrected chi connectivity index (χ0v) is 15.6. The third kappa shape index (κ3) is 4.62. The van der Waals surface area contributed by atoms with Crippen LogP contribution in [0.4, 0.5) is 13.2 Å². The lowest BCUT2D eigenvalue weighted by Crippen LogP contribution is -2.34. The molecule has 27 heavy (non-hydrogen) atoms. The summed E-state index contributed by atoms with van der Waals surface area (Å²) in [6.07, 6.45) is -4.74. The molecule has 2 aromatic rings. The minimum absolute atomic E-state index is 0.0800. The summed E-state index contributed by atoms with van der Waals surface area (Å²) >= 11 is 1.33. The third-order valence-corrected chi connectivity index (χ3v) is 7.47. The van der Waals surface area contributed by atoms with Crippen LogP contribution in [0, 0.1) is 0 Å². The van der Waals surface area contributed by atoms with Crippen LogP contribution >= 0.6 is 11.3 Å². The van der Waals surface area contributed by atoms with Crippen molar-refractivity contribution in [1.82, 2.24) is 4.90 Å². The van der Waals surface area contributed by atoms with Gasteiger partial charge in [0, 0.05) is 18.0 Å². The molecule has 3 rings (SSSR count). The molecule has 1 aromatic carbocycles. The smallest absolute Gasteiger partial charge is 0.405 e. The molecule has 0 saturated carbocycles. The number of thiophene rings is 1. The molecular weight excluding hydrogens is 403 g/mol. The van der Waals surface area contributed by atoms with Gasteiger partial charge in [-0.05, 0) is 30.0 Å². The van der Waals surface area contributed by atoms with Crippen molar-refractivity contribution in [1.29, 1.82) is 0 Å². The second-order valence-electron chi connectivity index (χ2n) is 6.00. The lowest BCUT2D eigenvalue weighted by molar-refractivity contribution is -0.274. The summed E-state index contributed by atoms with van der Waals surface area (Å²) in [5.74, 6) is -1.53. The van der Waals surface area contributed by atoms with Crippen LogP contribution in [0.25, 0.3) is 0 Å². The third-order valence-electron chi connectivity index (χ3n) is 4.23. The SMILES string of the molecule is O=C(c1ccccc1OC(F)(F)F)N1CC[C@@H](c2cccs2)S(=O)(=O)CC1. The Bertz CT molecular complexity index is 911. The number of benzene rings is 1. The number of nitrogens with zero attached hydrogens (tertiary/aromatic N) is 1. The quantitative estimate of drug-likeness (QED) is 0.762. The molecule has 0 unspecified atom stereocenters.